The van der Waals surface area contributed by atoms with Gasteiger partial charge in [-0.25, -0.2) is 16.8 Å². The Balaban J connectivity index is 0.000000493. The number of unbranched alkanes of at least 4 members (excludes halogenated alkanes) is 32. The van der Waals surface area contributed by atoms with Crippen molar-refractivity contribution in [3.8, 4) is 0 Å². The van der Waals surface area contributed by atoms with Crippen LogP contribution >= 0.6 is 0 Å². The summed E-state index contributed by atoms with van der Waals surface area (Å²) in [6.45, 7) is 9.01. The monoisotopic (exact) mass is 1170 g/mol. The van der Waals surface area contributed by atoms with E-state index < -0.39 is 20.2 Å². The zero-order valence-corrected chi connectivity index (χ0v) is 53.1. The van der Waals surface area contributed by atoms with E-state index in [-0.39, 0.29) is 58.7 Å². The average Bonchev–Trinajstić information content (AvgIpc) is 3.36. The third-order valence-electron chi connectivity index (χ3n) is 15.1. The molecule has 0 aliphatic rings. The Morgan fingerprint density at radius 2 is 0.534 bits per heavy atom. The molecule has 0 heterocycles. The van der Waals surface area contributed by atoms with Gasteiger partial charge < -0.3 is 9.11 Å². The first-order chi connectivity index (χ1) is 35.0. The molecule has 408 valence electrons. The predicted octanol–water partition coefficient (Wildman–Crippen LogP) is 19.4. The zero-order valence-electron chi connectivity index (χ0n) is 47.0. The Kier molecular flexibility index (Phi) is 38.9. The quantitative estimate of drug-likeness (QED) is 0.0248. The van der Waals surface area contributed by atoms with Gasteiger partial charge in [-0.3, -0.25) is 0 Å². The first-order valence-corrected chi connectivity index (χ1v) is 32.8. The first-order valence-electron chi connectivity index (χ1n) is 30.0. The van der Waals surface area contributed by atoms with Crippen molar-refractivity contribution in [3.63, 3.8) is 0 Å². The molecule has 0 saturated carbocycles. The van der Waals surface area contributed by atoms with Gasteiger partial charge in [-0.1, -0.05) is 282 Å². The number of aryl methyl sites for hydroxylation is 4. The standard InChI is InChI=1S/2C32H52O3S.Ba/c2*1-3-5-7-9-11-13-15-17-19-22-28-26-27-29-23-21-25-31(36(33,34)35)32(29)30(28)24-20-18-16-14-12-10-8-6-4-2;/h2*21,23,25-27H,3-20,22,24H2,1-2H3,(H,33,34,35);/q;;+2/p-2. The Bertz CT molecular complexity index is 2100. The second-order valence-electron chi connectivity index (χ2n) is 21.3. The van der Waals surface area contributed by atoms with Gasteiger partial charge in [0.15, 0.2) is 0 Å². The van der Waals surface area contributed by atoms with Gasteiger partial charge in [-0.2, -0.15) is 0 Å². The van der Waals surface area contributed by atoms with Crippen LogP contribution in [0.2, 0.25) is 0 Å². The SMILES string of the molecule is CCCCCCCCCCCc1ccc2cccc(S(=O)(=O)[O-])c2c1CCCCCCCCCCC.CCCCCCCCCCCc1ccc2cccc(S(=O)(=O)[O-])c2c1CCCCCCCCCCC.[Ba+2]. The van der Waals surface area contributed by atoms with Crippen LogP contribution in [0.1, 0.15) is 281 Å². The van der Waals surface area contributed by atoms with Crippen molar-refractivity contribution >= 4 is 90.7 Å². The Hall–Kier alpha value is -1.21. The van der Waals surface area contributed by atoms with Gasteiger partial charge in [0.05, 0.1) is 9.79 Å². The minimum atomic E-state index is -4.51. The van der Waals surface area contributed by atoms with Crippen molar-refractivity contribution in [3.05, 3.63) is 82.9 Å². The summed E-state index contributed by atoms with van der Waals surface area (Å²) in [6, 6.07) is 18.6. The summed E-state index contributed by atoms with van der Waals surface area (Å²) in [5, 5.41) is 3.10. The fraction of sp³-hybridized carbons (Fsp3) is 0.688. The zero-order chi connectivity index (χ0) is 52.1. The van der Waals surface area contributed by atoms with E-state index in [1.54, 1.807) is 12.1 Å². The van der Waals surface area contributed by atoms with Crippen LogP contribution in [0.15, 0.2) is 70.5 Å². The molecule has 0 spiro atoms. The third kappa shape index (κ3) is 28.3. The van der Waals surface area contributed by atoms with Gasteiger partial charge in [0.1, 0.15) is 20.2 Å². The Labute approximate surface area is 489 Å². The number of benzene rings is 4. The number of fused-ring (bicyclic) bond motifs is 2. The summed E-state index contributed by atoms with van der Waals surface area (Å²) in [5.74, 6) is 0. The van der Waals surface area contributed by atoms with Crippen molar-refractivity contribution in [1.82, 2.24) is 0 Å². The first kappa shape index (κ1) is 67.9. The minimum Gasteiger partial charge on any atom is -0.744 e. The third-order valence-corrected chi connectivity index (χ3v) is 16.9. The van der Waals surface area contributed by atoms with Crippen LogP contribution in [0.5, 0.6) is 0 Å². The maximum Gasteiger partial charge on any atom is 2.00 e. The van der Waals surface area contributed by atoms with Crippen molar-refractivity contribution in [2.45, 2.75) is 294 Å². The van der Waals surface area contributed by atoms with Gasteiger partial charge in [0.2, 0.25) is 0 Å². The van der Waals surface area contributed by atoms with E-state index in [0.717, 1.165) is 86.1 Å². The van der Waals surface area contributed by atoms with Gasteiger partial charge in [0.25, 0.3) is 0 Å². The molecular formula is C64H102BaO6S2. The van der Waals surface area contributed by atoms with Crippen LogP contribution in [0.4, 0.5) is 0 Å². The van der Waals surface area contributed by atoms with Crippen molar-refractivity contribution < 1.29 is 25.9 Å². The molecule has 4 aromatic rings. The second-order valence-corrected chi connectivity index (χ2v) is 24.0. The molecule has 0 atom stereocenters. The van der Waals surface area contributed by atoms with Crippen LogP contribution in [0.3, 0.4) is 0 Å². The Morgan fingerprint density at radius 1 is 0.301 bits per heavy atom. The molecule has 6 nitrogen and oxygen atoms in total. The second kappa shape index (κ2) is 41.8. The van der Waals surface area contributed by atoms with E-state index in [9.17, 15) is 25.9 Å². The van der Waals surface area contributed by atoms with E-state index in [1.807, 2.05) is 24.3 Å². The Morgan fingerprint density at radius 3 is 0.781 bits per heavy atom. The predicted molar refractivity (Wildman–Crippen MR) is 313 cm³/mol. The molecule has 9 heteroatoms. The van der Waals surface area contributed by atoms with Crippen LogP contribution in [-0.2, 0) is 45.9 Å². The van der Waals surface area contributed by atoms with E-state index >= 15 is 0 Å². The molecular weight excluding hydrogens is 1070 g/mol. The van der Waals surface area contributed by atoms with E-state index in [0.29, 0.717) is 10.8 Å². The van der Waals surface area contributed by atoms with E-state index in [2.05, 4.69) is 39.8 Å². The summed E-state index contributed by atoms with van der Waals surface area (Å²) in [4.78, 5) is -0.0836. The summed E-state index contributed by atoms with van der Waals surface area (Å²) < 4.78 is 72.6. The summed E-state index contributed by atoms with van der Waals surface area (Å²) in [5.41, 5.74) is 4.68. The number of rotatable bonds is 42. The van der Waals surface area contributed by atoms with Crippen LogP contribution in [-0.4, -0.2) is 74.8 Å². The fourth-order valence-electron chi connectivity index (χ4n) is 10.9. The smallest absolute Gasteiger partial charge is 0.744 e. The molecule has 4 aromatic carbocycles. The van der Waals surface area contributed by atoms with Gasteiger partial charge >= 0.3 is 48.9 Å². The maximum atomic E-state index is 12.1. The molecule has 0 amide bonds. The van der Waals surface area contributed by atoms with Crippen LogP contribution in [0.25, 0.3) is 21.5 Å². The normalized spacial score (nSPS) is 11.8. The molecule has 0 unspecified atom stereocenters. The minimum absolute atomic E-state index is 0. The summed E-state index contributed by atoms with van der Waals surface area (Å²) in [6.07, 6.45) is 49.6. The van der Waals surface area contributed by atoms with Gasteiger partial charge in [0, 0.05) is 10.8 Å². The number of hydrogen-bond donors (Lipinski definition) is 0. The van der Waals surface area contributed by atoms with Crippen molar-refractivity contribution in [1.29, 1.82) is 0 Å². The fourth-order valence-corrected chi connectivity index (χ4v) is 12.3. The molecule has 0 saturated heterocycles. The molecule has 0 aliphatic carbocycles. The van der Waals surface area contributed by atoms with Gasteiger partial charge in [-0.05, 0) is 96.5 Å². The molecule has 73 heavy (non-hydrogen) atoms. The average molecular weight is 1170 g/mol. The molecule has 0 fully saturated rings. The topological polar surface area (TPSA) is 114 Å². The summed E-state index contributed by atoms with van der Waals surface area (Å²) >= 11 is 0. The maximum absolute atomic E-state index is 12.1. The molecule has 0 bridgehead atoms. The van der Waals surface area contributed by atoms with E-state index in [1.165, 1.54) is 216 Å². The van der Waals surface area contributed by atoms with Crippen molar-refractivity contribution in [2.24, 2.45) is 0 Å². The molecule has 0 aromatic heterocycles. The molecule has 0 aliphatic heterocycles. The summed E-state index contributed by atoms with van der Waals surface area (Å²) in [7, 11) is -9.02. The molecule has 4 rings (SSSR count). The van der Waals surface area contributed by atoms with Crippen LogP contribution < -0.4 is 0 Å². The van der Waals surface area contributed by atoms with Crippen molar-refractivity contribution in [2.75, 3.05) is 0 Å². The molecule has 0 radical (unpaired) electrons. The van der Waals surface area contributed by atoms with Crippen LogP contribution in [0, 0.1) is 0 Å². The van der Waals surface area contributed by atoms with E-state index in [4.69, 9.17) is 0 Å². The number of hydrogen-bond acceptors (Lipinski definition) is 6. The largest absolute Gasteiger partial charge is 2.00 e. The van der Waals surface area contributed by atoms with Gasteiger partial charge in [-0.15, -0.1) is 0 Å². The molecule has 0 N–H and O–H groups in total.